The van der Waals surface area contributed by atoms with Crippen molar-refractivity contribution in [3.8, 4) is 0 Å². The molecule has 2 aromatic rings. The normalized spacial score (nSPS) is 20.0. The molecule has 1 N–H and O–H groups in total. The number of likely N-dealkylation sites (N-methyl/N-ethyl adjacent to an activating group) is 1. The zero-order valence-corrected chi connectivity index (χ0v) is 21.5. The minimum absolute atomic E-state index is 0.112. The van der Waals surface area contributed by atoms with Crippen LogP contribution in [0.4, 0.5) is 0 Å². The number of H-pyrrole nitrogens is 1. The average molecular weight is 501 g/mol. The van der Waals surface area contributed by atoms with Gasteiger partial charge in [0, 0.05) is 39.1 Å². The highest BCUT2D eigenvalue weighted by molar-refractivity contribution is 5.82. The summed E-state index contributed by atoms with van der Waals surface area (Å²) in [4.78, 5) is 57.3. The molecule has 2 amide bonds. The maximum atomic E-state index is 13.2. The van der Waals surface area contributed by atoms with Gasteiger partial charge < -0.3 is 19.0 Å². The summed E-state index contributed by atoms with van der Waals surface area (Å²) < 4.78 is 10.5. The summed E-state index contributed by atoms with van der Waals surface area (Å²) in [6.45, 7) is 5.74. The van der Waals surface area contributed by atoms with Crippen LogP contribution >= 0.6 is 0 Å². The SMILES string of the molecule is Cc1cc(C[C@@H](C)C(=O)N2CCC(N3CCC[C@@H]3C(=O)OCC(=O)N(C)C)CC2)cc2oc(=O)[nH]c12. The number of oxazole rings is 1. The van der Waals surface area contributed by atoms with Gasteiger partial charge >= 0.3 is 11.7 Å². The van der Waals surface area contributed by atoms with E-state index in [1.54, 1.807) is 14.1 Å². The number of aryl methyl sites for hydroxylation is 1. The average Bonchev–Trinajstić information content (AvgIpc) is 3.48. The summed E-state index contributed by atoms with van der Waals surface area (Å²) in [6.07, 6.45) is 3.83. The Labute approximate surface area is 210 Å². The topological polar surface area (TPSA) is 116 Å². The van der Waals surface area contributed by atoms with E-state index in [0.29, 0.717) is 30.6 Å². The standard InChI is InChI=1S/C26H36N4O6/c1-16-12-18(14-21-23(16)27-26(34)36-21)13-17(2)24(32)29-10-7-19(8-11-29)30-9-5-6-20(30)25(33)35-15-22(31)28(3)4/h12,14,17,19-20H,5-11,13,15H2,1-4H3,(H,27,34)/t17-,20-/m1/s1. The number of aromatic nitrogens is 1. The molecule has 0 unspecified atom stereocenters. The van der Waals surface area contributed by atoms with Crippen LogP contribution in [0.3, 0.4) is 0 Å². The summed E-state index contributed by atoms with van der Waals surface area (Å²) >= 11 is 0. The molecule has 4 rings (SSSR count). The third kappa shape index (κ3) is 5.64. The van der Waals surface area contributed by atoms with Crippen molar-refractivity contribution in [1.29, 1.82) is 0 Å². The number of carbonyl (C=O) groups is 3. The highest BCUT2D eigenvalue weighted by atomic mass is 16.5. The highest BCUT2D eigenvalue weighted by Gasteiger charge is 2.38. The van der Waals surface area contributed by atoms with Crippen LogP contribution in [0.2, 0.25) is 0 Å². The number of nitrogens with zero attached hydrogens (tertiary/aromatic N) is 3. The molecular weight excluding hydrogens is 464 g/mol. The third-order valence-electron chi connectivity index (χ3n) is 7.40. The van der Waals surface area contributed by atoms with E-state index in [4.69, 9.17) is 9.15 Å². The van der Waals surface area contributed by atoms with Crippen molar-refractivity contribution in [2.24, 2.45) is 5.92 Å². The van der Waals surface area contributed by atoms with Gasteiger partial charge in [-0.3, -0.25) is 24.3 Å². The molecule has 196 valence electrons. The largest absolute Gasteiger partial charge is 0.454 e. The molecule has 2 saturated heterocycles. The van der Waals surface area contributed by atoms with Gasteiger partial charge in [-0.1, -0.05) is 13.0 Å². The number of hydrogen-bond acceptors (Lipinski definition) is 7. The van der Waals surface area contributed by atoms with Crippen LogP contribution in [0.5, 0.6) is 0 Å². The second-order valence-corrected chi connectivity index (χ2v) is 10.3. The maximum Gasteiger partial charge on any atom is 0.417 e. The van der Waals surface area contributed by atoms with Gasteiger partial charge in [-0.2, -0.15) is 0 Å². The summed E-state index contributed by atoms with van der Waals surface area (Å²) in [6, 6.07) is 3.71. The molecule has 0 aliphatic carbocycles. The van der Waals surface area contributed by atoms with Gasteiger partial charge in [0.05, 0.1) is 5.52 Å². The lowest BCUT2D eigenvalue weighted by molar-refractivity contribution is -0.156. The number of rotatable bonds is 7. The Hall–Kier alpha value is -3.14. The lowest BCUT2D eigenvalue weighted by atomic mass is 9.96. The Kier molecular flexibility index (Phi) is 7.82. The van der Waals surface area contributed by atoms with Crippen LogP contribution in [0, 0.1) is 12.8 Å². The Morgan fingerprint density at radius 1 is 1.17 bits per heavy atom. The van der Waals surface area contributed by atoms with Gasteiger partial charge in [-0.25, -0.2) is 4.79 Å². The van der Waals surface area contributed by atoms with Crippen molar-refractivity contribution in [3.63, 3.8) is 0 Å². The number of piperidine rings is 1. The van der Waals surface area contributed by atoms with Crippen LogP contribution in [-0.2, 0) is 25.5 Å². The molecule has 0 radical (unpaired) electrons. The maximum absolute atomic E-state index is 13.2. The number of hydrogen-bond donors (Lipinski definition) is 1. The first-order valence-electron chi connectivity index (χ1n) is 12.7. The number of likely N-dealkylation sites (tertiary alicyclic amines) is 2. The molecule has 2 fully saturated rings. The van der Waals surface area contributed by atoms with Crippen LogP contribution in [0.15, 0.2) is 21.3 Å². The van der Waals surface area contributed by atoms with E-state index in [1.807, 2.05) is 30.9 Å². The zero-order valence-electron chi connectivity index (χ0n) is 21.5. The summed E-state index contributed by atoms with van der Waals surface area (Å²) in [5.41, 5.74) is 3.08. The van der Waals surface area contributed by atoms with Gasteiger partial charge in [0.2, 0.25) is 5.91 Å². The van der Waals surface area contributed by atoms with E-state index in [9.17, 15) is 19.2 Å². The number of nitrogens with one attached hydrogen (secondary N) is 1. The smallest absolute Gasteiger partial charge is 0.417 e. The quantitative estimate of drug-likeness (QED) is 0.575. The van der Waals surface area contributed by atoms with Crippen LogP contribution in [0.25, 0.3) is 11.1 Å². The third-order valence-corrected chi connectivity index (χ3v) is 7.40. The minimum Gasteiger partial charge on any atom is -0.454 e. The van der Waals surface area contributed by atoms with Gasteiger partial charge in [0.1, 0.15) is 6.04 Å². The molecule has 1 aromatic heterocycles. The monoisotopic (exact) mass is 500 g/mol. The number of amides is 2. The lowest BCUT2D eigenvalue weighted by Gasteiger charge is -2.39. The molecule has 2 aliphatic rings. The van der Waals surface area contributed by atoms with Crippen molar-refractivity contribution in [2.75, 3.05) is 40.3 Å². The summed E-state index contributed by atoms with van der Waals surface area (Å²) in [5, 5.41) is 0. The van der Waals surface area contributed by atoms with E-state index in [-0.39, 0.29) is 42.4 Å². The fourth-order valence-electron chi connectivity index (χ4n) is 5.42. The first-order chi connectivity index (χ1) is 17.1. The Morgan fingerprint density at radius 2 is 1.89 bits per heavy atom. The van der Waals surface area contributed by atoms with E-state index in [0.717, 1.165) is 43.4 Å². The first kappa shape index (κ1) is 25.9. The number of aromatic amines is 1. The van der Waals surface area contributed by atoms with Gasteiger partial charge in [-0.15, -0.1) is 0 Å². The van der Waals surface area contributed by atoms with Gasteiger partial charge in [0.25, 0.3) is 5.91 Å². The number of carbonyl (C=O) groups excluding carboxylic acids is 3. The molecule has 0 saturated carbocycles. The van der Waals surface area contributed by atoms with Crippen molar-refractivity contribution in [1.82, 2.24) is 19.7 Å². The number of ether oxygens (including phenoxy) is 1. The number of fused-ring (bicyclic) bond motifs is 1. The summed E-state index contributed by atoms with van der Waals surface area (Å²) in [5.74, 6) is -1.14. The van der Waals surface area contributed by atoms with Crippen LogP contribution < -0.4 is 5.76 Å². The molecule has 10 nitrogen and oxygen atoms in total. The van der Waals surface area contributed by atoms with E-state index in [1.165, 1.54) is 4.90 Å². The van der Waals surface area contributed by atoms with Crippen molar-refractivity contribution >= 4 is 28.9 Å². The second kappa shape index (κ2) is 10.9. The van der Waals surface area contributed by atoms with Crippen molar-refractivity contribution in [2.45, 2.75) is 58.0 Å². The zero-order chi connectivity index (χ0) is 26.0. The number of esters is 1. The summed E-state index contributed by atoms with van der Waals surface area (Å²) in [7, 11) is 3.27. The minimum atomic E-state index is -0.479. The molecule has 2 aliphatic heterocycles. The molecular formula is C26H36N4O6. The molecule has 36 heavy (non-hydrogen) atoms. The Balaban J connectivity index is 1.30. The van der Waals surface area contributed by atoms with Crippen molar-refractivity contribution < 1.29 is 23.5 Å². The van der Waals surface area contributed by atoms with Crippen LogP contribution in [-0.4, -0.2) is 89.9 Å². The van der Waals surface area contributed by atoms with E-state index in [2.05, 4.69) is 9.88 Å². The van der Waals surface area contributed by atoms with Gasteiger partial charge in [-0.05, 0) is 62.8 Å². The first-order valence-corrected chi connectivity index (χ1v) is 12.7. The lowest BCUT2D eigenvalue weighted by Crippen LogP contribution is -2.51. The fourth-order valence-corrected chi connectivity index (χ4v) is 5.42. The molecule has 0 spiro atoms. The molecule has 3 heterocycles. The van der Waals surface area contributed by atoms with Crippen LogP contribution in [0.1, 0.15) is 43.7 Å². The van der Waals surface area contributed by atoms with Gasteiger partial charge in [0.15, 0.2) is 12.2 Å². The predicted octanol–water partition coefficient (Wildman–Crippen LogP) is 1.69. The Morgan fingerprint density at radius 3 is 2.58 bits per heavy atom. The molecule has 0 bridgehead atoms. The van der Waals surface area contributed by atoms with E-state index >= 15 is 0 Å². The Bertz CT molecular complexity index is 1180. The highest BCUT2D eigenvalue weighted by Crippen LogP contribution is 2.28. The van der Waals surface area contributed by atoms with E-state index < -0.39 is 5.76 Å². The fraction of sp³-hybridized carbons (Fsp3) is 0.615. The number of benzene rings is 1. The predicted molar refractivity (Wildman–Crippen MR) is 133 cm³/mol. The molecule has 2 atom stereocenters. The second-order valence-electron chi connectivity index (χ2n) is 10.3. The van der Waals surface area contributed by atoms with Crippen molar-refractivity contribution in [3.05, 3.63) is 33.8 Å². The molecule has 10 heteroatoms. The molecule has 1 aromatic carbocycles.